The molecule has 0 unspecified atom stereocenters. The molecule has 4 aromatic rings. The number of fused-ring (bicyclic) bond motifs is 1. The largest absolute Gasteiger partial charge is 0.309 e. The molecule has 4 nitrogen and oxygen atoms in total. The number of halogens is 1. The van der Waals surface area contributed by atoms with Crippen molar-refractivity contribution in [2.24, 2.45) is 0 Å². The van der Waals surface area contributed by atoms with Crippen molar-refractivity contribution in [3.8, 4) is 22.5 Å². The molecule has 5 heteroatoms. The minimum Gasteiger partial charge on any atom is -0.309 e. The summed E-state index contributed by atoms with van der Waals surface area (Å²) in [7, 11) is 0. The molecule has 29 heavy (non-hydrogen) atoms. The molecule has 0 spiro atoms. The first-order chi connectivity index (χ1) is 14.3. The van der Waals surface area contributed by atoms with E-state index in [2.05, 4.69) is 44.8 Å². The Morgan fingerprint density at radius 3 is 2.45 bits per heavy atom. The van der Waals surface area contributed by atoms with Crippen LogP contribution in [0.3, 0.4) is 0 Å². The molecule has 1 aliphatic carbocycles. The summed E-state index contributed by atoms with van der Waals surface area (Å²) in [6, 6.07) is 22.1. The molecule has 0 bridgehead atoms. The summed E-state index contributed by atoms with van der Waals surface area (Å²) >= 11 is 0. The summed E-state index contributed by atoms with van der Waals surface area (Å²) in [5, 5.41) is 10.4. The normalized spacial score (nSPS) is 13.6. The lowest BCUT2D eigenvalue weighted by molar-refractivity contribution is 0.516. The third-order valence-electron chi connectivity index (χ3n) is 5.56. The van der Waals surface area contributed by atoms with Crippen LogP contribution >= 0.6 is 0 Å². The molecule has 3 aromatic carbocycles. The Kier molecular flexibility index (Phi) is 4.66. The van der Waals surface area contributed by atoms with Crippen molar-refractivity contribution in [3.63, 3.8) is 0 Å². The highest BCUT2D eigenvalue weighted by Crippen LogP contribution is 2.28. The van der Waals surface area contributed by atoms with Crippen molar-refractivity contribution in [3.05, 3.63) is 95.6 Å². The number of aromatic amines is 1. The predicted octanol–water partition coefficient (Wildman–Crippen LogP) is 4.53. The summed E-state index contributed by atoms with van der Waals surface area (Å²) in [5.41, 5.74) is 5.74. The van der Waals surface area contributed by atoms with Crippen LogP contribution in [0.4, 0.5) is 4.39 Å². The summed E-state index contributed by atoms with van der Waals surface area (Å²) in [4.78, 5) is 4.18. The molecular weight excluding hydrogens is 363 g/mol. The van der Waals surface area contributed by atoms with Crippen LogP contribution in [-0.2, 0) is 19.4 Å². The Morgan fingerprint density at radius 1 is 0.931 bits per heavy atom. The van der Waals surface area contributed by atoms with E-state index in [0.717, 1.165) is 24.0 Å². The second kappa shape index (κ2) is 7.60. The van der Waals surface area contributed by atoms with Crippen LogP contribution in [0.2, 0.25) is 0 Å². The summed E-state index contributed by atoms with van der Waals surface area (Å²) in [5.74, 6) is 0.425. The van der Waals surface area contributed by atoms with E-state index in [1.165, 1.54) is 17.5 Å². The minimum atomic E-state index is -0.178. The first-order valence-corrected chi connectivity index (χ1v) is 9.82. The Balaban J connectivity index is 1.35. The first-order valence-electron chi connectivity index (χ1n) is 9.82. The molecule has 1 aromatic heterocycles. The average molecular weight is 384 g/mol. The summed E-state index contributed by atoms with van der Waals surface area (Å²) in [6.07, 6.45) is 3.53. The van der Waals surface area contributed by atoms with E-state index in [9.17, 15) is 0 Å². The smallest absolute Gasteiger partial charge is 0.180 e. The van der Waals surface area contributed by atoms with E-state index in [4.69, 9.17) is 0 Å². The maximum atomic E-state index is 15.3. The summed E-state index contributed by atoms with van der Waals surface area (Å²) < 4.78 is 15.3. The quantitative estimate of drug-likeness (QED) is 0.531. The maximum Gasteiger partial charge on any atom is 0.180 e. The third-order valence-corrected chi connectivity index (χ3v) is 5.56. The molecule has 1 heterocycles. The van der Waals surface area contributed by atoms with Crippen LogP contribution in [0.25, 0.3) is 22.5 Å². The van der Waals surface area contributed by atoms with Gasteiger partial charge in [-0.3, -0.25) is 5.10 Å². The van der Waals surface area contributed by atoms with Gasteiger partial charge in [-0.25, -0.2) is 9.37 Å². The zero-order valence-electron chi connectivity index (χ0n) is 15.9. The first kappa shape index (κ1) is 17.8. The number of hydrogen-bond donors (Lipinski definition) is 2. The van der Waals surface area contributed by atoms with Crippen molar-refractivity contribution in [1.29, 1.82) is 0 Å². The van der Waals surface area contributed by atoms with Crippen LogP contribution in [0, 0.1) is 5.82 Å². The van der Waals surface area contributed by atoms with Gasteiger partial charge in [-0.05, 0) is 35.6 Å². The molecule has 0 saturated heterocycles. The molecule has 144 valence electrons. The third kappa shape index (κ3) is 3.57. The van der Waals surface area contributed by atoms with Crippen molar-refractivity contribution >= 4 is 0 Å². The Bertz CT molecular complexity index is 1110. The van der Waals surface area contributed by atoms with Gasteiger partial charge in [0.15, 0.2) is 5.82 Å². The van der Waals surface area contributed by atoms with Gasteiger partial charge in [0.2, 0.25) is 0 Å². The van der Waals surface area contributed by atoms with Gasteiger partial charge in [0.1, 0.15) is 12.1 Å². The molecule has 0 saturated carbocycles. The molecule has 0 aliphatic heterocycles. The SMILES string of the molecule is Fc1c(CNC2Cc3ccccc3C2)cccc1-c1cccc(-c2nc[nH]n2)c1. The second-order valence-corrected chi connectivity index (χ2v) is 7.44. The van der Waals surface area contributed by atoms with E-state index in [-0.39, 0.29) is 5.82 Å². The second-order valence-electron chi connectivity index (χ2n) is 7.44. The van der Waals surface area contributed by atoms with Crippen LogP contribution in [0.5, 0.6) is 0 Å². The number of H-pyrrole nitrogens is 1. The Morgan fingerprint density at radius 2 is 1.69 bits per heavy atom. The van der Waals surface area contributed by atoms with Gasteiger partial charge < -0.3 is 5.32 Å². The van der Waals surface area contributed by atoms with Gasteiger partial charge >= 0.3 is 0 Å². The fourth-order valence-electron chi connectivity index (χ4n) is 4.07. The molecule has 2 N–H and O–H groups in total. The highest BCUT2D eigenvalue weighted by molar-refractivity contribution is 5.71. The van der Waals surface area contributed by atoms with E-state index >= 15 is 4.39 Å². The van der Waals surface area contributed by atoms with Gasteiger partial charge in [0.25, 0.3) is 0 Å². The van der Waals surface area contributed by atoms with Crippen molar-refractivity contribution in [1.82, 2.24) is 20.5 Å². The molecule has 5 rings (SSSR count). The number of aromatic nitrogens is 3. The maximum absolute atomic E-state index is 15.3. The zero-order valence-corrected chi connectivity index (χ0v) is 15.9. The average Bonchev–Trinajstić information content (AvgIpc) is 3.43. The van der Waals surface area contributed by atoms with Crippen LogP contribution in [-0.4, -0.2) is 21.2 Å². The topological polar surface area (TPSA) is 53.6 Å². The van der Waals surface area contributed by atoms with E-state index in [1.807, 2.05) is 42.5 Å². The number of benzene rings is 3. The summed E-state index contributed by atoms with van der Waals surface area (Å²) in [6.45, 7) is 0.513. The fourth-order valence-corrected chi connectivity index (χ4v) is 4.07. The van der Waals surface area contributed by atoms with Crippen molar-refractivity contribution in [2.45, 2.75) is 25.4 Å². The number of rotatable bonds is 5. The van der Waals surface area contributed by atoms with E-state index < -0.39 is 0 Å². The Hall–Kier alpha value is -3.31. The van der Waals surface area contributed by atoms with Gasteiger partial charge in [0, 0.05) is 29.3 Å². The molecule has 0 atom stereocenters. The van der Waals surface area contributed by atoms with Gasteiger partial charge in [0.05, 0.1) is 0 Å². The lowest BCUT2D eigenvalue weighted by atomic mass is 9.99. The monoisotopic (exact) mass is 384 g/mol. The zero-order chi connectivity index (χ0) is 19.6. The van der Waals surface area contributed by atoms with Crippen molar-refractivity contribution in [2.75, 3.05) is 0 Å². The minimum absolute atomic E-state index is 0.178. The van der Waals surface area contributed by atoms with E-state index in [1.54, 1.807) is 0 Å². The standard InChI is InChI=1S/C24H21FN4/c25-23-20(14-26-21-12-16-5-1-2-6-17(16)13-21)9-4-10-22(23)18-7-3-8-19(11-18)24-27-15-28-29-24/h1-11,15,21,26H,12-14H2,(H,27,28,29). The van der Waals surface area contributed by atoms with Gasteiger partial charge in [-0.1, -0.05) is 60.7 Å². The number of nitrogens with one attached hydrogen (secondary N) is 2. The molecule has 0 fully saturated rings. The predicted molar refractivity (Wildman–Crippen MR) is 112 cm³/mol. The highest BCUT2D eigenvalue weighted by atomic mass is 19.1. The molecule has 0 amide bonds. The van der Waals surface area contributed by atoms with Crippen LogP contribution in [0.15, 0.2) is 73.1 Å². The van der Waals surface area contributed by atoms with E-state index in [0.29, 0.717) is 29.5 Å². The van der Waals surface area contributed by atoms with Gasteiger partial charge in [-0.15, -0.1) is 0 Å². The van der Waals surface area contributed by atoms with Gasteiger partial charge in [-0.2, -0.15) is 5.10 Å². The lowest BCUT2D eigenvalue weighted by Gasteiger charge is -2.14. The number of hydrogen-bond acceptors (Lipinski definition) is 3. The Labute approximate surface area is 168 Å². The van der Waals surface area contributed by atoms with Crippen LogP contribution in [0.1, 0.15) is 16.7 Å². The molecule has 0 radical (unpaired) electrons. The van der Waals surface area contributed by atoms with Crippen molar-refractivity contribution < 1.29 is 4.39 Å². The number of nitrogens with zero attached hydrogens (tertiary/aromatic N) is 2. The molecule has 1 aliphatic rings. The fraction of sp³-hybridized carbons (Fsp3) is 0.167. The molecular formula is C24H21FN4. The van der Waals surface area contributed by atoms with Crippen LogP contribution < -0.4 is 5.32 Å². The highest BCUT2D eigenvalue weighted by Gasteiger charge is 2.21. The lowest BCUT2D eigenvalue weighted by Crippen LogP contribution is -2.29.